The van der Waals surface area contributed by atoms with Gasteiger partial charge in [-0.1, -0.05) is 6.42 Å². The molecule has 0 aromatic heterocycles. The van der Waals surface area contributed by atoms with Gasteiger partial charge in [-0.05, 0) is 43.5 Å². The first-order valence-electron chi connectivity index (χ1n) is 7.37. The van der Waals surface area contributed by atoms with Crippen LogP contribution in [0, 0.1) is 17.2 Å². The van der Waals surface area contributed by atoms with Crippen LogP contribution in [0.2, 0.25) is 0 Å². The highest BCUT2D eigenvalue weighted by Crippen LogP contribution is 2.37. The Morgan fingerprint density at radius 2 is 2.00 bits per heavy atom. The third-order valence-electron chi connectivity index (χ3n) is 3.86. The number of rotatable bonds is 4. The van der Waals surface area contributed by atoms with Gasteiger partial charge in [0.15, 0.2) is 6.61 Å². The fraction of sp³-hybridized carbons (Fsp3) is 0.500. The smallest absolute Gasteiger partial charge is 0.391 e. The van der Waals surface area contributed by atoms with E-state index in [0.29, 0.717) is 24.2 Å². The molecule has 0 saturated heterocycles. The summed E-state index contributed by atoms with van der Waals surface area (Å²) in [6.45, 7) is -0.265. The molecule has 1 aromatic carbocycles. The number of carbonyl (C=O) groups excluding carboxylic acids is 1. The first-order valence-corrected chi connectivity index (χ1v) is 7.37. The molecule has 2 unspecified atom stereocenters. The van der Waals surface area contributed by atoms with Gasteiger partial charge < -0.3 is 10.1 Å². The summed E-state index contributed by atoms with van der Waals surface area (Å²) < 4.78 is 43.4. The van der Waals surface area contributed by atoms with E-state index in [4.69, 9.17) is 10.00 Å². The maximum absolute atomic E-state index is 12.7. The molecular weight excluding hydrogens is 309 g/mol. The lowest BCUT2D eigenvalue weighted by molar-refractivity contribution is -0.184. The van der Waals surface area contributed by atoms with Crippen molar-refractivity contribution in [3.05, 3.63) is 29.8 Å². The van der Waals surface area contributed by atoms with E-state index in [9.17, 15) is 18.0 Å². The Balaban J connectivity index is 1.79. The molecule has 1 fully saturated rings. The van der Waals surface area contributed by atoms with Crippen LogP contribution in [0.25, 0.3) is 0 Å². The van der Waals surface area contributed by atoms with Crippen molar-refractivity contribution in [2.24, 2.45) is 5.92 Å². The lowest BCUT2D eigenvalue weighted by atomic mass is 9.85. The Kier molecular flexibility index (Phi) is 5.48. The van der Waals surface area contributed by atoms with Gasteiger partial charge >= 0.3 is 6.18 Å². The van der Waals surface area contributed by atoms with Gasteiger partial charge in [-0.25, -0.2) is 0 Å². The van der Waals surface area contributed by atoms with Crippen molar-refractivity contribution in [2.45, 2.75) is 37.9 Å². The molecular formula is C16H17F3N2O2. The minimum absolute atomic E-state index is 0.0773. The van der Waals surface area contributed by atoms with Gasteiger partial charge in [-0.3, -0.25) is 4.79 Å². The maximum Gasteiger partial charge on any atom is 0.391 e. The number of benzene rings is 1. The minimum atomic E-state index is -4.21. The second kappa shape index (κ2) is 7.36. The molecule has 2 rings (SSSR count). The van der Waals surface area contributed by atoms with Gasteiger partial charge in [0.25, 0.3) is 5.91 Å². The van der Waals surface area contributed by atoms with E-state index in [0.717, 1.165) is 0 Å². The van der Waals surface area contributed by atoms with Crippen LogP contribution in [0.4, 0.5) is 13.2 Å². The van der Waals surface area contributed by atoms with Gasteiger partial charge in [0.1, 0.15) is 5.75 Å². The Morgan fingerprint density at radius 1 is 1.30 bits per heavy atom. The summed E-state index contributed by atoms with van der Waals surface area (Å²) in [5.74, 6) is -1.36. The van der Waals surface area contributed by atoms with E-state index >= 15 is 0 Å². The Morgan fingerprint density at radius 3 is 2.61 bits per heavy atom. The molecule has 1 aliphatic rings. The second-order valence-corrected chi connectivity index (χ2v) is 5.59. The van der Waals surface area contributed by atoms with Gasteiger partial charge in [-0.2, -0.15) is 18.4 Å². The summed E-state index contributed by atoms with van der Waals surface area (Å²) in [5, 5.41) is 11.3. The van der Waals surface area contributed by atoms with Crippen molar-refractivity contribution in [3.63, 3.8) is 0 Å². The van der Waals surface area contributed by atoms with E-state index in [1.807, 2.05) is 6.07 Å². The lowest BCUT2D eigenvalue weighted by Gasteiger charge is -2.30. The van der Waals surface area contributed by atoms with Crippen molar-refractivity contribution in [3.8, 4) is 11.8 Å². The van der Waals surface area contributed by atoms with E-state index in [2.05, 4.69) is 5.32 Å². The standard InChI is InChI=1S/C16H17F3N2O2/c17-16(18,19)12-2-1-3-13(8-12)21-15(22)10-23-14-6-4-11(9-20)5-7-14/h4-7,12-13H,1-3,8,10H2,(H,21,22). The van der Waals surface area contributed by atoms with E-state index in [1.54, 1.807) is 24.3 Å². The number of nitriles is 1. The number of halogens is 3. The quantitative estimate of drug-likeness (QED) is 0.924. The van der Waals surface area contributed by atoms with Crippen LogP contribution in [0.3, 0.4) is 0 Å². The molecule has 23 heavy (non-hydrogen) atoms. The Bertz CT molecular complexity index is 578. The van der Waals surface area contributed by atoms with Crippen LogP contribution in [0.5, 0.6) is 5.75 Å². The zero-order valence-electron chi connectivity index (χ0n) is 12.4. The van der Waals surface area contributed by atoms with Crippen LogP contribution in [0.15, 0.2) is 24.3 Å². The predicted octanol–water partition coefficient (Wildman–Crippen LogP) is 3.17. The fourth-order valence-electron chi connectivity index (χ4n) is 2.66. The van der Waals surface area contributed by atoms with Gasteiger partial charge in [0, 0.05) is 6.04 Å². The first-order chi connectivity index (χ1) is 10.9. The van der Waals surface area contributed by atoms with Crippen LogP contribution in [-0.2, 0) is 4.79 Å². The average Bonchev–Trinajstić information content (AvgIpc) is 2.53. The summed E-state index contributed by atoms with van der Waals surface area (Å²) in [7, 11) is 0. The molecule has 0 aliphatic heterocycles. The highest BCUT2D eigenvalue weighted by atomic mass is 19.4. The molecule has 2 atom stereocenters. The lowest BCUT2D eigenvalue weighted by Crippen LogP contribution is -2.43. The van der Waals surface area contributed by atoms with Crippen molar-refractivity contribution in [1.29, 1.82) is 5.26 Å². The Hall–Kier alpha value is -2.23. The molecule has 0 spiro atoms. The maximum atomic E-state index is 12.7. The highest BCUT2D eigenvalue weighted by molar-refractivity contribution is 5.77. The molecule has 124 valence electrons. The van der Waals surface area contributed by atoms with Gasteiger partial charge in [0.2, 0.25) is 0 Å². The van der Waals surface area contributed by atoms with E-state index in [-0.39, 0.29) is 19.4 Å². The zero-order chi connectivity index (χ0) is 16.9. The SMILES string of the molecule is N#Cc1ccc(OCC(=O)NC2CCCC(C(F)(F)F)C2)cc1. The Labute approximate surface area is 132 Å². The summed E-state index contributed by atoms with van der Waals surface area (Å²) >= 11 is 0. The molecule has 7 heteroatoms. The molecule has 0 radical (unpaired) electrons. The number of nitrogens with one attached hydrogen (secondary N) is 1. The third kappa shape index (κ3) is 5.16. The monoisotopic (exact) mass is 326 g/mol. The average molecular weight is 326 g/mol. The van der Waals surface area contributed by atoms with Crippen molar-refractivity contribution in [2.75, 3.05) is 6.61 Å². The van der Waals surface area contributed by atoms with Crippen molar-refractivity contribution >= 4 is 5.91 Å². The minimum Gasteiger partial charge on any atom is -0.484 e. The van der Waals surface area contributed by atoms with Crippen LogP contribution in [-0.4, -0.2) is 24.7 Å². The van der Waals surface area contributed by atoms with Crippen LogP contribution in [0.1, 0.15) is 31.2 Å². The topological polar surface area (TPSA) is 62.1 Å². The fourth-order valence-corrected chi connectivity index (χ4v) is 2.66. The summed E-state index contributed by atoms with van der Waals surface area (Å²) in [6, 6.07) is 7.74. The van der Waals surface area contributed by atoms with Gasteiger partial charge in [-0.15, -0.1) is 0 Å². The van der Waals surface area contributed by atoms with Gasteiger partial charge in [0.05, 0.1) is 17.6 Å². The number of carbonyl (C=O) groups is 1. The molecule has 1 amide bonds. The van der Waals surface area contributed by atoms with E-state index < -0.39 is 24.0 Å². The first kappa shape index (κ1) is 17.1. The number of ether oxygens (including phenoxy) is 1. The predicted molar refractivity (Wildman–Crippen MR) is 76.6 cm³/mol. The number of amides is 1. The zero-order valence-corrected chi connectivity index (χ0v) is 12.4. The normalized spacial score (nSPS) is 21.3. The van der Waals surface area contributed by atoms with Crippen molar-refractivity contribution in [1.82, 2.24) is 5.32 Å². The van der Waals surface area contributed by atoms with Crippen LogP contribution < -0.4 is 10.1 Å². The third-order valence-corrected chi connectivity index (χ3v) is 3.86. The van der Waals surface area contributed by atoms with E-state index in [1.165, 1.54) is 0 Å². The molecule has 1 aliphatic carbocycles. The van der Waals surface area contributed by atoms with Crippen LogP contribution >= 0.6 is 0 Å². The molecule has 1 N–H and O–H groups in total. The highest BCUT2D eigenvalue weighted by Gasteiger charge is 2.42. The summed E-state index contributed by atoms with van der Waals surface area (Å²) in [6.07, 6.45) is -3.16. The van der Waals surface area contributed by atoms with Crippen molar-refractivity contribution < 1.29 is 22.7 Å². The number of hydrogen-bond donors (Lipinski definition) is 1. The summed E-state index contributed by atoms with van der Waals surface area (Å²) in [5.41, 5.74) is 0.474. The molecule has 0 bridgehead atoms. The number of nitrogens with zero attached hydrogens (tertiary/aromatic N) is 1. The second-order valence-electron chi connectivity index (χ2n) is 5.59. The number of hydrogen-bond acceptors (Lipinski definition) is 3. The molecule has 4 nitrogen and oxygen atoms in total. The largest absolute Gasteiger partial charge is 0.484 e. The molecule has 1 aromatic rings. The number of alkyl halides is 3. The molecule has 0 heterocycles. The molecule has 1 saturated carbocycles. The summed E-state index contributed by atoms with van der Waals surface area (Å²) in [4.78, 5) is 11.8.